The Balaban J connectivity index is 2.92. The van der Waals surface area contributed by atoms with Crippen molar-refractivity contribution in [3.05, 3.63) is 0 Å². The lowest BCUT2D eigenvalue weighted by Crippen LogP contribution is -2.20. The van der Waals surface area contributed by atoms with Crippen molar-refractivity contribution in [1.82, 2.24) is 5.32 Å². The number of esters is 1. The molecule has 0 aromatic rings. The zero-order valence-corrected chi connectivity index (χ0v) is 5.89. The molecule has 0 rings (SSSR count). The highest BCUT2D eigenvalue weighted by atomic mass is 16.5. The largest absolute Gasteiger partial charge is 0.465 e. The first-order valence-corrected chi connectivity index (χ1v) is 2.98. The Hall–Kier alpha value is -1.08. The van der Waals surface area contributed by atoms with Crippen LogP contribution in [0.3, 0.4) is 0 Å². The maximum Gasteiger partial charge on any atom is 0.302 e. The van der Waals surface area contributed by atoms with Gasteiger partial charge in [-0.25, -0.2) is 0 Å². The predicted molar refractivity (Wildman–Crippen MR) is 35.1 cm³/mol. The van der Waals surface area contributed by atoms with Crippen molar-refractivity contribution >= 4 is 5.97 Å². The summed E-state index contributed by atoms with van der Waals surface area (Å²) in [7, 11) is 0. The Morgan fingerprint density at radius 1 is 1.80 bits per heavy atom. The molecule has 0 heterocycles. The van der Waals surface area contributed by atoms with Crippen LogP contribution < -0.4 is 5.32 Å². The molecule has 0 unspecified atom stereocenters. The van der Waals surface area contributed by atoms with E-state index in [1.807, 2.05) is 6.07 Å². The molecule has 0 aromatic carbocycles. The van der Waals surface area contributed by atoms with Crippen molar-refractivity contribution in [2.24, 2.45) is 0 Å². The molecule has 0 radical (unpaired) electrons. The van der Waals surface area contributed by atoms with Gasteiger partial charge in [0.2, 0.25) is 0 Å². The summed E-state index contributed by atoms with van der Waals surface area (Å²) in [4.78, 5) is 10.2. The quantitative estimate of drug-likeness (QED) is 0.331. The van der Waals surface area contributed by atoms with Gasteiger partial charge in [0.15, 0.2) is 0 Å². The fraction of sp³-hybridized carbons (Fsp3) is 0.667. The first-order valence-electron chi connectivity index (χ1n) is 2.98. The average molecular weight is 142 g/mol. The van der Waals surface area contributed by atoms with Gasteiger partial charge in [-0.1, -0.05) is 0 Å². The van der Waals surface area contributed by atoms with E-state index in [1.165, 1.54) is 6.92 Å². The summed E-state index contributed by atoms with van der Waals surface area (Å²) < 4.78 is 4.58. The third kappa shape index (κ3) is 6.92. The Kier molecular flexibility index (Phi) is 5.39. The van der Waals surface area contributed by atoms with E-state index in [2.05, 4.69) is 10.1 Å². The maximum absolute atomic E-state index is 10.2. The van der Waals surface area contributed by atoms with E-state index < -0.39 is 0 Å². The van der Waals surface area contributed by atoms with Crippen molar-refractivity contribution in [1.29, 1.82) is 5.26 Å². The molecule has 0 fully saturated rings. The zero-order valence-electron chi connectivity index (χ0n) is 5.89. The van der Waals surface area contributed by atoms with E-state index in [-0.39, 0.29) is 5.97 Å². The first-order chi connectivity index (χ1) is 4.77. The molecule has 4 heteroatoms. The highest BCUT2D eigenvalue weighted by Gasteiger charge is 1.89. The van der Waals surface area contributed by atoms with Crippen molar-refractivity contribution < 1.29 is 9.53 Å². The molecule has 0 aromatic heterocycles. The Morgan fingerprint density at radius 2 is 2.50 bits per heavy atom. The highest BCUT2D eigenvalue weighted by Crippen LogP contribution is 1.72. The number of ether oxygens (including phenoxy) is 1. The molecule has 0 aliphatic heterocycles. The second kappa shape index (κ2) is 6.05. The van der Waals surface area contributed by atoms with Crippen LogP contribution in [-0.2, 0) is 9.53 Å². The minimum absolute atomic E-state index is 0.293. The first kappa shape index (κ1) is 8.92. The van der Waals surface area contributed by atoms with Crippen LogP contribution in [0.15, 0.2) is 0 Å². The molecule has 0 saturated carbocycles. The summed E-state index contributed by atoms with van der Waals surface area (Å²) in [5.41, 5.74) is 0. The van der Waals surface area contributed by atoms with E-state index in [1.54, 1.807) is 0 Å². The third-order valence-corrected chi connectivity index (χ3v) is 0.788. The third-order valence-electron chi connectivity index (χ3n) is 0.788. The molecule has 0 bridgehead atoms. The molecule has 1 N–H and O–H groups in total. The van der Waals surface area contributed by atoms with Crippen LogP contribution in [0.1, 0.15) is 6.92 Å². The number of carbonyl (C=O) groups is 1. The summed E-state index contributed by atoms with van der Waals surface area (Å²) in [5.74, 6) is -0.293. The molecule has 56 valence electrons. The van der Waals surface area contributed by atoms with E-state index in [0.717, 1.165) is 0 Å². The summed E-state index contributed by atoms with van der Waals surface area (Å²) in [5, 5.41) is 10.8. The molecule has 0 aliphatic carbocycles. The van der Waals surface area contributed by atoms with E-state index in [9.17, 15) is 4.79 Å². The van der Waals surface area contributed by atoms with Gasteiger partial charge in [0.1, 0.15) is 6.61 Å². The lowest BCUT2D eigenvalue weighted by molar-refractivity contribution is -0.140. The molecular formula is C6H10N2O2. The summed E-state index contributed by atoms with van der Waals surface area (Å²) in [6, 6.07) is 1.90. The molecule has 10 heavy (non-hydrogen) atoms. The number of rotatable bonds is 4. The SMILES string of the molecule is CC(=O)OCCNCC#N. The van der Waals surface area contributed by atoms with Gasteiger partial charge in [0.25, 0.3) is 0 Å². The van der Waals surface area contributed by atoms with Crippen LogP contribution in [0.25, 0.3) is 0 Å². The Bertz CT molecular complexity index is 139. The van der Waals surface area contributed by atoms with Crippen LogP contribution in [0.5, 0.6) is 0 Å². The molecular weight excluding hydrogens is 132 g/mol. The van der Waals surface area contributed by atoms with Crippen molar-refractivity contribution in [3.63, 3.8) is 0 Å². The Morgan fingerprint density at radius 3 is 3.00 bits per heavy atom. The second-order valence-corrected chi connectivity index (χ2v) is 1.67. The van der Waals surface area contributed by atoms with Gasteiger partial charge >= 0.3 is 5.97 Å². The maximum atomic E-state index is 10.2. The molecule has 0 spiro atoms. The van der Waals surface area contributed by atoms with Crippen molar-refractivity contribution in [2.75, 3.05) is 19.7 Å². The molecule has 0 saturated heterocycles. The van der Waals surface area contributed by atoms with E-state index in [0.29, 0.717) is 19.7 Å². The van der Waals surface area contributed by atoms with Crippen molar-refractivity contribution in [3.8, 4) is 6.07 Å². The number of nitriles is 1. The number of nitrogens with one attached hydrogen (secondary N) is 1. The van der Waals surface area contributed by atoms with Crippen LogP contribution in [0, 0.1) is 11.3 Å². The number of hydrogen-bond donors (Lipinski definition) is 1. The van der Waals surface area contributed by atoms with Crippen LogP contribution in [0.2, 0.25) is 0 Å². The topological polar surface area (TPSA) is 62.1 Å². The summed E-state index contributed by atoms with van der Waals surface area (Å²) in [6.45, 7) is 2.51. The number of nitrogens with zero attached hydrogens (tertiary/aromatic N) is 1. The average Bonchev–Trinajstić information content (AvgIpc) is 1.87. The summed E-state index contributed by atoms with van der Waals surface area (Å²) in [6.07, 6.45) is 0. The lowest BCUT2D eigenvalue weighted by atomic mass is 10.6. The molecule has 0 atom stereocenters. The lowest BCUT2D eigenvalue weighted by Gasteiger charge is -1.99. The van der Waals surface area contributed by atoms with Gasteiger partial charge in [-0.2, -0.15) is 5.26 Å². The second-order valence-electron chi connectivity index (χ2n) is 1.67. The highest BCUT2D eigenvalue weighted by molar-refractivity contribution is 5.65. The predicted octanol–water partition coefficient (Wildman–Crippen LogP) is -0.337. The van der Waals surface area contributed by atoms with Gasteiger partial charge in [0, 0.05) is 13.5 Å². The van der Waals surface area contributed by atoms with Gasteiger partial charge in [-0.15, -0.1) is 0 Å². The van der Waals surface area contributed by atoms with Gasteiger partial charge in [-0.05, 0) is 0 Å². The van der Waals surface area contributed by atoms with Gasteiger partial charge in [0.05, 0.1) is 12.6 Å². The van der Waals surface area contributed by atoms with E-state index >= 15 is 0 Å². The molecule has 4 nitrogen and oxygen atoms in total. The fourth-order valence-electron chi connectivity index (χ4n) is 0.411. The standard InChI is InChI=1S/C6H10N2O2/c1-6(9)10-5-4-8-3-2-7/h8H,3-5H2,1H3. The molecule has 0 aliphatic rings. The van der Waals surface area contributed by atoms with Crippen LogP contribution in [0.4, 0.5) is 0 Å². The van der Waals surface area contributed by atoms with Gasteiger partial charge < -0.3 is 10.1 Å². The monoisotopic (exact) mass is 142 g/mol. The van der Waals surface area contributed by atoms with Crippen molar-refractivity contribution in [2.45, 2.75) is 6.92 Å². The minimum atomic E-state index is -0.293. The van der Waals surface area contributed by atoms with Crippen LogP contribution >= 0.6 is 0 Å². The molecule has 0 amide bonds. The van der Waals surface area contributed by atoms with Gasteiger partial charge in [-0.3, -0.25) is 4.79 Å². The zero-order chi connectivity index (χ0) is 7.82. The van der Waals surface area contributed by atoms with Crippen LogP contribution in [-0.4, -0.2) is 25.7 Å². The van der Waals surface area contributed by atoms with E-state index in [4.69, 9.17) is 5.26 Å². The number of carbonyl (C=O) groups excluding carboxylic acids is 1. The smallest absolute Gasteiger partial charge is 0.302 e. The Labute approximate surface area is 59.8 Å². The summed E-state index contributed by atoms with van der Waals surface area (Å²) >= 11 is 0. The minimum Gasteiger partial charge on any atom is -0.465 e. The normalized spacial score (nSPS) is 8.40. The fourth-order valence-corrected chi connectivity index (χ4v) is 0.411. The number of hydrogen-bond acceptors (Lipinski definition) is 4.